The molecule has 0 fully saturated rings. The highest BCUT2D eigenvalue weighted by molar-refractivity contribution is 5.94. The molecule has 0 aliphatic carbocycles. The molecule has 0 aliphatic rings. The van der Waals surface area contributed by atoms with Crippen LogP contribution in [0.4, 0.5) is 0 Å². The molecule has 2 aromatic rings. The number of carbonyl (C=O) groups is 1. The van der Waals surface area contributed by atoms with Crippen molar-refractivity contribution in [2.24, 2.45) is 7.05 Å². The smallest absolute Gasteiger partial charge is 0.287 e. The predicted octanol–water partition coefficient (Wildman–Crippen LogP) is 1.25. The summed E-state index contributed by atoms with van der Waals surface area (Å²) in [6, 6.07) is 7.75. The molecule has 1 amide bonds. The summed E-state index contributed by atoms with van der Waals surface area (Å²) in [6.07, 6.45) is 0.933. The molecule has 0 saturated carbocycles. The SMILES string of the molecule is CN(C)CCCNC(=O)c1nc2ccccc2n1C. The van der Waals surface area contributed by atoms with E-state index in [1.165, 1.54) is 0 Å². The van der Waals surface area contributed by atoms with Crippen molar-refractivity contribution in [3.05, 3.63) is 30.1 Å². The summed E-state index contributed by atoms with van der Waals surface area (Å²) in [7, 11) is 5.91. The van der Waals surface area contributed by atoms with Gasteiger partial charge in [-0.2, -0.15) is 0 Å². The van der Waals surface area contributed by atoms with E-state index in [0.29, 0.717) is 12.4 Å². The van der Waals surface area contributed by atoms with E-state index in [2.05, 4.69) is 15.2 Å². The van der Waals surface area contributed by atoms with E-state index in [9.17, 15) is 4.79 Å². The van der Waals surface area contributed by atoms with E-state index < -0.39 is 0 Å². The summed E-state index contributed by atoms with van der Waals surface area (Å²) in [5.74, 6) is 0.350. The van der Waals surface area contributed by atoms with Crippen LogP contribution in [0, 0.1) is 0 Å². The van der Waals surface area contributed by atoms with Crippen LogP contribution in [-0.2, 0) is 7.05 Å². The van der Waals surface area contributed by atoms with Gasteiger partial charge in [-0.1, -0.05) is 12.1 Å². The molecule has 0 radical (unpaired) electrons. The topological polar surface area (TPSA) is 50.2 Å². The maximum atomic E-state index is 12.1. The van der Waals surface area contributed by atoms with Gasteiger partial charge in [0.15, 0.2) is 5.82 Å². The summed E-state index contributed by atoms with van der Waals surface area (Å²) >= 11 is 0. The van der Waals surface area contributed by atoms with Crippen LogP contribution in [0.1, 0.15) is 17.0 Å². The van der Waals surface area contributed by atoms with E-state index in [4.69, 9.17) is 0 Å². The zero-order valence-corrected chi connectivity index (χ0v) is 11.7. The second-order valence-electron chi connectivity index (χ2n) is 4.90. The van der Waals surface area contributed by atoms with Crippen LogP contribution in [-0.4, -0.2) is 47.5 Å². The summed E-state index contributed by atoms with van der Waals surface area (Å²) < 4.78 is 1.83. The van der Waals surface area contributed by atoms with Gasteiger partial charge in [0.2, 0.25) is 0 Å². The fourth-order valence-corrected chi connectivity index (χ4v) is 2.02. The minimum absolute atomic E-state index is 0.113. The fourth-order valence-electron chi connectivity index (χ4n) is 2.02. The zero-order chi connectivity index (χ0) is 13.8. The molecule has 102 valence electrons. The molecule has 0 spiro atoms. The summed E-state index contributed by atoms with van der Waals surface area (Å²) in [5.41, 5.74) is 1.82. The Kier molecular flexibility index (Phi) is 4.16. The van der Waals surface area contributed by atoms with Gasteiger partial charge in [-0.3, -0.25) is 4.79 Å². The molecule has 1 N–H and O–H groups in total. The third kappa shape index (κ3) is 3.12. The second-order valence-corrected chi connectivity index (χ2v) is 4.90. The number of fused-ring (bicyclic) bond motifs is 1. The molecule has 1 aromatic heterocycles. The van der Waals surface area contributed by atoms with Crippen LogP contribution >= 0.6 is 0 Å². The van der Waals surface area contributed by atoms with Crippen LogP contribution in [0.2, 0.25) is 0 Å². The van der Waals surface area contributed by atoms with E-state index in [1.54, 1.807) is 0 Å². The molecular formula is C14H20N4O. The Labute approximate surface area is 113 Å². The molecule has 5 nitrogen and oxygen atoms in total. The summed E-state index contributed by atoms with van der Waals surface area (Å²) in [5, 5.41) is 2.91. The van der Waals surface area contributed by atoms with Crippen LogP contribution in [0.15, 0.2) is 24.3 Å². The number of aromatic nitrogens is 2. The molecule has 0 unspecified atom stereocenters. The van der Waals surface area contributed by atoms with Crippen LogP contribution in [0.3, 0.4) is 0 Å². The molecule has 0 bridgehead atoms. The van der Waals surface area contributed by atoms with Gasteiger partial charge in [0.25, 0.3) is 5.91 Å². The van der Waals surface area contributed by atoms with Gasteiger partial charge in [0.05, 0.1) is 11.0 Å². The van der Waals surface area contributed by atoms with Crippen LogP contribution in [0.5, 0.6) is 0 Å². The highest BCUT2D eigenvalue weighted by Gasteiger charge is 2.14. The largest absolute Gasteiger partial charge is 0.349 e. The number of aryl methyl sites for hydroxylation is 1. The van der Waals surface area contributed by atoms with Crippen molar-refractivity contribution in [1.29, 1.82) is 0 Å². The number of rotatable bonds is 5. The zero-order valence-electron chi connectivity index (χ0n) is 11.7. The van der Waals surface area contributed by atoms with Crippen molar-refractivity contribution in [2.75, 3.05) is 27.2 Å². The molecule has 2 rings (SSSR count). The van der Waals surface area contributed by atoms with Crippen molar-refractivity contribution >= 4 is 16.9 Å². The normalized spacial score (nSPS) is 11.2. The van der Waals surface area contributed by atoms with E-state index >= 15 is 0 Å². The Morgan fingerprint density at radius 1 is 1.37 bits per heavy atom. The molecule has 0 atom stereocenters. The first kappa shape index (κ1) is 13.5. The minimum Gasteiger partial charge on any atom is -0.349 e. The molecule has 1 heterocycles. The van der Waals surface area contributed by atoms with Crippen LogP contribution in [0.25, 0.3) is 11.0 Å². The average molecular weight is 260 g/mol. The number of para-hydroxylation sites is 2. The quantitative estimate of drug-likeness (QED) is 0.823. The Morgan fingerprint density at radius 2 is 2.11 bits per heavy atom. The standard InChI is InChI=1S/C14H20N4O/c1-17(2)10-6-9-15-14(19)13-16-11-7-4-5-8-12(11)18(13)3/h4-5,7-8H,6,9-10H2,1-3H3,(H,15,19). The molecular weight excluding hydrogens is 240 g/mol. The number of nitrogens with zero attached hydrogens (tertiary/aromatic N) is 3. The maximum Gasteiger partial charge on any atom is 0.287 e. The number of nitrogens with one attached hydrogen (secondary N) is 1. The van der Waals surface area contributed by atoms with Gasteiger partial charge in [-0.15, -0.1) is 0 Å². The lowest BCUT2D eigenvalue weighted by Crippen LogP contribution is -2.29. The van der Waals surface area contributed by atoms with Crippen molar-refractivity contribution in [2.45, 2.75) is 6.42 Å². The van der Waals surface area contributed by atoms with Gasteiger partial charge in [-0.25, -0.2) is 4.98 Å². The van der Waals surface area contributed by atoms with Crippen molar-refractivity contribution < 1.29 is 4.79 Å². The first-order valence-corrected chi connectivity index (χ1v) is 6.44. The highest BCUT2D eigenvalue weighted by Crippen LogP contribution is 2.13. The van der Waals surface area contributed by atoms with Crippen molar-refractivity contribution in [1.82, 2.24) is 19.8 Å². The van der Waals surface area contributed by atoms with Gasteiger partial charge < -0.3 is 14.8 Å². The summed E-state index contributed by atoms with van der Waals surface area (Å²) in [4.78, 5) is 18.5. The van der Waals surface area contributed by atoms with Gasteiger partial charge in [-0.05, 0) is 39.2 Å². The Morgan fingerprint density at radius 3 is 2.79 bits per heavy atom. The lowest BCUT2D eigenvalue weighted by atomic mass is 10.3. The number of imidazole rings is 1. The third-order valence-corrected chi connectivity index (χ3v) is 3.06. The number of hydrogen-bond acceptors (Lipinski definition) is 3. The second kappa shape index (κ2) is 5.84. The molecule has 0 aliphatic heterocycles. The van der Waals surface area contributed by atoms with Crippen molar-refractivity contribution in [3.63, 3.8) is 0 Å². The van der Waals surface area contributed by atoms with E-state index in [0.717, 1.165) is 24.0 Å². The molecule has 1 aromatic carbocycles. The molecule has 5 heteroatoms. The molecule has 19 heavy (non-hydrogen) atoms. The number of carbonyl (C=O) groups excluding carboxylic acids is 1. The van der Waals surface area contributed by atoms with Gasteiger partial charge in [0, 0.05) is 13.6 Å². The highest BCUT2D eigenvalue weighted by atomic mass is 16.2. The first-order chi connectivity index (χ1) is 9.09. The fraction of sp³-hybridized carbons (Fsp3) is 0.429. The van der Waals surface area contributed by atoms with Crippen LogP contribution < -0.4 is 5.32 Å². The Bertz CT molecular complexity index is 574. The average Bonchev–Trinajstić information content (AvgIpc) is 2.72. The van der Waals surface area contributed by atoms with E-state index in [-0.39, 0.29) is 5.91 Å². The lowest BCUT2D eigenvalue weighted by Gasteiger charge is -2.09. The predicted molar refractivity (Wildman–Crippen MR) is 76.2 cm³/mol. The molecule has 0 saturated heterocycles. The number of benzene rings is 1. The van der Waals surface area contributed by atoms with E-state index in [1.807, 2.05) is 50.0 Å². The Balaban J connectivity index is 2.03. The first-order valence-electron chi connectivity index (χ1n) is 6.44. The lowest BCUT2D eigenvalue weighted by molar-refractivity contribution is 0.0939. The third-order valence-electron chi connectivity index (χ3n) is 3.06. The van der Waals surface area contributed by atoms with Crippen molar-refractivity contribution in [3.8, 4) is 0 Å². The van der Waals surface area contributed by atoms with Gasteiger partial charge in [0.1, 0.15) is 0 Å². The summed E-state index contributed by atoms with van der Waals surface area (Å²) in [6.45, 7) is 1.63. The minimum atomic E-state index is -0.113. The van der Waals surface area contributed by atoms with Gasteiger partial charge >= 0.3 is 0 Å². The number of hydrogen-bond donors (Lipinski definition) is 1. The monoisotopic (exact) mass is 260 g/mol. The number of amides is 1. The maximum absolute atomic E-state index is 12.1. The Hall–Kier alpha value is -1.88.